The molecule has 0 saturated carbocycles. The predicted octanol–water partition coefficient (Wildman–Crippen LogP) is 2.01. The van der Waals surface area contributed by atoms with E-state index in [4.69, 9.17) is 25.5 Å². The van der Waals surface area contributed by atoms with Crippen LogP contribution in [0.4, 0.5) is 26.3 Å². The predicted molar refractivity (Wildman–Crippen MR) is 51.3 cm³/mol. The number of carboxylic acid groups (broad SMARTS) is 2. The van der Waals surface area contributed by atoms with Crippen LogP contribution < -0.4 is 5.73 Å². The number of hydrogen-bond acceptors (Lipinski definition) is 3. The summed E-state index contributed by atoms with van der Waals surface area (Å²) in [5, 5.41) is 14.2. The Morgan fingerprint density at radius 1 is 0.947 bits per heavy atom. The first-order valence-corrected chi connectivity index (χ1v) is 4.60. The van der Waals surface area contributed by atoms with Crippen LogP contribution in [-0.4, -0.2) is 41.0 Å². The maximum absolute atomic E-state index is 10.6. The van der Waals surface area contributed by atoms with E-state index in [0.29, 0.717) is 0 Å². The largest absolute Gasteiger partial charge is 0.490 e. The number of unbranched alkanes of at least 4 members (excludes halogenated alkanes) is 1. The first kappa shape index (κ1) is 22.6. The molecule has 0 aliphatic heterocycles. The number of carboxylic acids is 2. The molecule has 0 aromatic heterocycles. The van der Waals surface area contributed by atoms with Gasteiger partial charge in [-0.25, -0.2) is 9.59 Å². The fourth-order valence-electron chi connectivity index (χ4n) is 0.204. The van der Waals surface area contributed by atoms with Crippen LogP contribution in [0.5, 0.6) is 0 Å². The Morgan fingerprint density at radius 2 is 1.16 bits per heavy atom. The van der Waals surface area contributed by atoms with E-state index < -0.39 is 24.3 Å². The lowest BCUT2D eigenvalue weighted by Gasteiger charge is -1.93. The molecule has 11 heteroatoms. The van der Waals surface area contributed by atoms with Gasteiger partial charge in [-0.05, 0) is 13.0 Å². The third kappa shape index (κ3) is 22.2. The van der Waals surface area contributed by atoms with E-state index in [9.17, 15) is 26.3 Å². The van der Waals surface area contributed by atoms with Crippen molar-refractivity contribution in [3.05, 3.63) is 0 Å². The Morgan fingerprint density at radius 3 is 1.16 bits per heavy atom. The second-order valence-corrected chi connectivity index (χ2v) is 2.75. The SMILES string of the molecule is CCCCN.O=C(O)C(F)(F)F.O=C(O)C(F)(F)F. The molecule has 0 aliphatic carbocycles. The van der Waals surface area contributed by atoms with Crippen molar-refractivity contribution in [3.63, 3.8) is 0 Å². The summed E-state index contributed by atoms with van der Waals surface area (Å²) in [6.45, 7) is 2.98. The number of nitrogens with two attached hydrogens (primary N) is 1. The van der Waals surface area contributed by atoms with Crippen LogP contribution in [0.15, 0.2) is 0 Å². The van der Waals surface area contributed by atoms with Gasteiger partial charge in [-0.2, -0.15) is 26.3 Å². The van der Waals surface area contributed by atoms with E-state index >= 15 is 0 Å². The molecule has 116 valence electrons. The number of hydrogen-bond donors (Lipinski definition) is 3. The smallest absolute Gasteiger partial charge is 0.475 e. The van der Waals surface area contributed by atoms with E-state index in [-0.39, 0.29) is 0 Å². The highest BCUT2D eigenvalue weighted by atomic mass is 19.4. The van der Waals surface area contributed by atoms with Gasteiger partial charge in [0, 0.05) is 0 Å². The summed E-state index contributed by atoms with van der Waals surface area (Å²) in [7, 11) is 0. The molecular weight excluding hydrogens is 288 g/mol. The number of alkyl halides is 6. The van der Waals surface area contributed by atoms with Crippen LogP contribution in [0.1, 0.15) is 19.8 Å². The molecule has 0 fully saturated rings. The van der Waals surface area contributed by atoms with Crippen LogP contribution >= 0.6 is 0 Å². The van der Waals surface area contributed by atoms with E-state index in [2.05, 4.69) is 6.92 Å². The minimum absolute atomic E-state index is 0.844. The van der Waals surface area contributed by atoms with Gasteiger partial charge >= 0.3 is 24.3 Å². The zero-order valence-corrected chi connectivity index (χ0v) is 9.68. The molecule has 0 rings (SSSR count). The molecule has 0 spiro atoms. The Kier molecular flexibility index (Phi) is 12.4. The van der Waals surface area contributed by atoms with Crippen LogP contribution in [0.3, 0.4) is 0 Å². The van der Waals surface area contributed by atoms with Crippen LogP contribution in [-0.2, 0) is 9.59 Å². The van der Waals surface area contributed by atoms with Crippen molar-refractivity contribution in [2.75, 3.05) is 6.54 Å². The minimum atomic E-state index is -5.08. The molecule has 5 nitrogen and oxygen atoms in total. The van der Waals surface area contributed by atoms with E-state index in [1.54, 1.807) is 0 Å². The Bertz CT molecular complexity index is 237. The number of aliphatic carboxylic acids is 2. The average Bonchev–Trinajstić information content (AvgIpc) is 2.17. The van der Waals surface area contributed by atoms with Gasteiger partial charge in [0.15, 0.2) is 0 Å². The molecule has 0 aromatic carbocycles. The quantitative estimate of drug-likeness (QED) is 0.677. The Hall–Kier alpha value is -1.52. The second kappa shape index (κ2) is 10.4. The fraction of sp³-hybridized carbons (Fsp3) is 0.750. The van der Waals surface area contributed by atoms with Crippen LogP contribution in [0, 0.1) is 0 Å². The van der Waals surface area contributed by atoms with Gasteiger partial charge in [0.25, 0.3) is 0 Å². The highest BCUT2D eigenvalue weighted by Crippen LogP contribution is 2.13. The van der Waals surface area contributed by atoms with E-state index in [1.807, 2.05) is 0 Å². The highest BCUT2D eigenvalue weighted by Gasteiger charge is 2.38. The lowest BCUT2D eigenvalue weighted by Crippen LogP contribution is -2.21. The second-order valence-electron chi connectivity index (χ2n) is 2.75. The first-order valence-electron chi connectivity index (χ1n) is 4.60. The lowest BCUT2D eigenvalue weighted by molar-refractivity contribution is -0.193. The topological polar surface area (TPSA) is 101 Å². The zero-order valence-electron chi connectivity index (χ0n) is 9.68. The standard InChI is InChI=1S/C4H11N.2C2HF3O2/c1-2-3-4-5;2*3-2(4,5)1(6)7/h2-5H2,1H3;2*(H,6,7). The van der Waals surface area contributed by atoms with Crippen molar-refractivity contribution in [3.8, 4) is 0 Å². The molecule has 0 saturated heterocycles. The van der Waals surface area contributed by atoms with Gasteiger partial charge in [0.1, 0.15) is 0 Å². The number of rotatable bonds is 2. The Labute approximate surface area is 104 Å². The summed E-state index contributed by atoms with van der Waals surface area (Å²) in [6.07, 6.45) is -7.78. The molecule has 4 N–H and O–H groups in total. The monoisotopic (exact) mass is 301 g/mol. The molecule has 0 heterocycles. The van der Waals surface area contributed by atoms with Gasteiger partial charge in [0.2, 0.25) is 0 Å². The average molecular weight is 301 g/mol. The molecule has 0 radical (unpaired) electrons. The summed E-state index contributed by atoms with van der Waals surface area (Å²) < 4.78 is 63.5. The van der Waals surface area contributed by atoms with Crippen molar-refractivity contribution in [2.45, 2.75) is 32.1 Å². The van der Waals surface area contributed by atoms with E-state index in [0.717, 1.165) is 6.54 Å². The van der Waals surface area contributed by atoms with Crippen LogP contribution in [0.2, 0.25) is 0 Å². The third-order valence-corrected chi connectivity index (χ3v) is 1.04. The van der Waals surface area contributed by atoms with Crippen molar-refractivity contribution in [2.24, 2.45) is 5.73 Å². The number of halogens is 6. The maximum Gasteiger partial charge on any atom is 0.490 e. The molecule has 0 aromatic rings. The van der Waals surface area contributed by atoms with Crippen LogP contribution in [0.25, 0.3) is 0 Å². The Balaban J connectivity index is -0.000000206. The first-order chi connectivity index (χ1) is 8.30. The third-order valence-electron chi connectivity index (χ3n) is 1.04. The fourth-order valence-corrected chi connectivity index (χ4v) is 0.204. The van der Waals surface area contributed by atoms with Crippen molar-refractivity contribution < 1.29 is 46.1 Å². The van der Waals surface area contributed by atoms with Gasteiger partial charge < -0.3 is 15.9 Å². The molecule has 0 aliphatic rings. The van der Waals surface area contributed by atoms with Gasteiger partial charge in [-0.3, -0.25) is 0 Å². The molecular formula is C8H13F6NO4. The van der Waals surface area contributed by atoms with Gasteiger partial charge in [-0.15, -0.1) is 0 Å². The normalized spacial score (nSPS) is 10.5. The lowest BCUT2D eigenvalue weighted by atomic mass is 10.3. The highest BCUT2D eigenvalue weighted by molar-refractivity contribution is 5.73. The summed E-state index contributed by atoms with van der Waals surface area (Å²) in [6, 6.07) is 0. The number of carbonyl (C=O) groups is 2. The van der Waals surface area contributed by atoms with Crippen molar-refractivity contribution in [1.29, 1.82) is 0 Å². The summed E-state index contributed by atoms with van der Waals surface area (Å²) in [5.41, 5.74) is 5.14. The van der Waals surface area contributed by atoms with Crippen molar-refractivity contribution >= 4 is 11.9 Å². The molecule has 0 atom stereocenters. The summed E-state index contributed by atoms with van der Waals surface area (Å²) in [4.78, 5) is 17.8. The van der Waals surface area contributed by atoms with Gasteiger partial charge in [0.05, 0.1) is 0 Å². The van der Waals surface area contributed by atoms with E-state index in [1.165, 1.54) is 12.8 Å². The van der Waals surface area contributed by atoms with Gasteiger partial charge in [-0.1, -0.05) is 13.3 Å². The molecule has 0 bridgehead atoms. The zero-order chi connectivity index (χ0) is 16.3. The molecule has 0 unspecified atom stereocenters. The van der Waals surface area contributed by atoms with Crippen molar-refractivity contribution in [1.82, 2.24) is 0 Å². The molecule has 19 heavy (non-hydrogen) atoms. The molecule has 0 amide bonds. The summed E-state index contributed by atoms with van der Waals surface area (Å²) >= 11 is 0. The minimum Gasteiger partial charge on any atom is -0.475 e. The summed E-state index contributed by atoms with van der Waals surface area (Å²) in [5.74, 6) is -5.51. The maximum atomic E-state index is 10.6.